The Kier molecular flexibility index (Phi) is 5.03. The summed E-state index contributed by atoms with van der Waals surface area (Å²) in [5, 5.41) is 3.95. The molecule has 0 aliphatic heterocycles. The van der Waals surface area contributed by atoms with Crippen LogP contribution in [0.3, 0.4) is 0 Å². The number of amides is 1. The molecule has 4 nitrogen and oxygen atoms in total. The first-order chi connectivity index (χ1) is 13.5. The summed E-state index contributed by atoms with van der Waals surface area (Å²) in [4.78, 5) is 24.7. The minimum absolute atomic E-state index is 0.249. The SMILES string of the molecule is O=C(Nc1ccc(-c2cc3ccccc3oc2=O)c(Cl)c1)c1ccc(Br)cc1. The summed E-state index contributed by atoms with van der Waals surface area (Å²) in [6.45, 7) is 0. The largest absolute Gasteiger partial charge is 0.422 e. The molecular weight excluding hydrogens is 442 g/mol. The fraction of sp³-hybridized carbons (Fsp3) is 0. The van der Waals surface area contributed by atoms with Gasteiger partial charge in [0.15, 0.2) is 0 Å². The second kappa shape index (κ2) is 7.62. The van der Waals surface area contributed by atoms with Gasteiger partial charge < -0.3 is 9.73 Å². The van der Waals surface area contributed by atoms with Crippen molar-refractivity contribution in [2.24, 2.45) is 0 Å². The maximum absolute atomic E-state index is 12.4. The molecule has 0 bridgehead atoms. The molecule has 1 N–H and O–H groups in total. The highest BCUT2D eigenvalue weighted by atomic mass is 79.9. The average Bonchev–Trinajstić information content (AvgIpc) is 2.68. The van der Waals surface area contributed by atoms with E-state index in [-0.39, 0.29) is 5.91 Å². The van der Waals surface area contributed by atoms with E-state index in [1.165, 1.54) is 0 Å². The molecule has 0 saturated carbocycles. The Morgan fingerprint density at radius 1 is 0.929 bits per heavy atom. The summed E-state index contributed by atoms with van der Waals surface area (Å²) < 4.78 is 6.27. The maximum Gasteiger partial charge on any atom is 0.344 e. The Morgan fingerprint density at radius 3 is 2.43 bits per heavy atom. The monoisotopic (exact) mass is 453 g/mol. The Hall–Kier alpha value is -2.89. The van der Waals surface area contributed by atoms with E-state index in [9.17, 15) is 9.59 Å². The molecule has 3 aromatic carbocycles. The highest BCUT2D eigenvalue weighted by Gasteiger charge is 2.13. The van der Waals surface area contributed by atoms with Gasteiger partial charge in [-0.1, -0.05) is 51.8 Å². The molecule has 4 rings (SSSR count). The Morgan fingerprint density at radius 2 is 1.68 bits per heavy atom. The molecular formula is C22H13BrClNO3. The molecule has 0 aliphatic rings. The number of nitrogens with one attached hydrogen (secondary N) is 1. The predicted octanol–water partition coefficient (Wildman–Crippen LogP) is 6.13. The second-order valence-corrected chi connectivity index (χ2v) is 7.46. The van der Waals surface area contributed by atoms with Crippen LogP contribution in [0.2, 0.25) is 5.02 Å². The number of carbonyl (C=O) groups is 1. The number of carbonyl (C=O) groups excluding carboxylic acids is 1. The van der Waals surface area contributed by atoms with Gasteiger partial charge in [0.1, 0.15) is 5.58 Å². The van der Waals surface area contributed by atoms with E-state index in [1.807, 2.05) is 12.1 Å². The zero-order chi connectivity index (χ0) is 19.7. The van der Waals surface area contributed by atoms with Crippen LogP contribution in [0.25, 0.3) is 22.1 Å². The van der Waals surface area contributed by atoms with Gasteiger partial charge in [0.2, 0.25) is 0 Å². The van der Waals surface area contributed by atoms with E-state index in [0.717, 1.165) is 9.86 Å². The van der Waals surface area contributed by atoms with Crippen LogP contribution >= 0.6 is 27.5 Å². The third-order valence-corrected chi connectivity index (χ3v) is 5.11. The minimum atomic E-state index is -0.466. The van der Waals surface area contributed by atoms with Crippen LogP contribution in [0.4, 0.5) is 5.69 Å². The van der Waals surface area contributed by atoms with Crippen LogP contribution in [0.1, 0.15) is 10.4 Å². The van der Waals surface area contributed by atoms with E-state index in [4.69, 9.17) is 16.0 Å². The topological polar surface area (TPSA) is 59.3 Å². The molecule has 0 atom stereocenters. The quantitative estimate of drug-likeness (QED) is 0.379. The molecule has 0 fully saturated rings. The van der Waals surface area contributed by atoms with Gasteiger partial charge in [-0.2, -0.15) is 0 Å². The van der Waals surface area contributed by atoms with Crippen LogP contribution in [0.5, 0.6) is 0 Å². The van der Waals surface area contributed by atoms with Crippen LogP contribution in [-0.4, -0.2) is 5.91 Å². The molecule has 0 radical (unpaired) electrons. The molecule has 0 saturated heterocycles. The first-order valence-electron chi connectivity index (χ1n) is 8.41. The fourth-order valence-corrected chi connectivity index (χ4v) is 3.41. The molecule has 138 valence electrons. The van der Waals surface area contributed by atoms with Crippen molar-refractivity contribution in [2.45, 2.75) is 0 Å². The summed E-state index contributed by atoms with van der Waals surface area (Å²) in [6.07, 6.45) is 0. The molecule has 1 heterocycles. The van der Waals surface area contributed by atoms with Crippen molar-refractivity contribution in [1.82, 2.24) is 0 Å². The molecule has 0 spiro atoms. The van der Waals surface area contributed by atoms with Crippen molar-refractivity contribution < 1.29 is 9.21 Å². The molecule has 28 heavy (non-hydrogen) atoms. The predicted molar refractivity (Wildman–Crippen MR) is 115 cm³/mol. The van der Waals surface area contributed by atoms with Gasteiger partial charge in [-0.05, 0) is 48.5 Å². The summed E-state index contributed by atoms with van der Waals surface area (Å²) in [7, 11) is 0. The normalized spacial score (nSPS) is 10.8. The minimum Gasteiger partial charge on any atom is -0.422 e. The molecule has 1 aromatic heterocycles. The third-order valence-electron chi connectivity index (χ3n) is 4.26. The van der Waals surface area contributed by atoms with Crippen LogP contribution in [0, 0.1) is 0 Å². The third kappa shape index (κ3) is 3.72. The fourth-order valence-electron chi connectivity index (χ4n) is 2.87. The summed E-state index contributed by atoms with van der Waals surface area (Å²) in [5.41, 5.74) is 2.03. The van der Waals surface area contributed by atoms with Gasteiger partial charge in [-0.3, -0.25) is 4.79 Å². The molecule has 1 amide bonds. The second-order valence-electron chi connectivity index (χ2n) is 6.14. The number of fused-ring (bicyclic) bond motifs is 1. The van der Waals surface area contributed by atoms with Gasteiger partial charge in [0.25, 0.3) is 5.91 Å². The van der Waals surface area contributed by atoms with Crippen LogP contribution < -0.4 is 10.9 Å². The van der Waals surface area contributed by atoms with Gasteiger partial charge in [-0.15, -0.1) is 0 Å². The van der Waals surface area contributed by atoms with Crippen molar-refractivity contribution in [3.05, 3.63) is 98.3 Å². The van der Waals surface area contributed by atoms with Crippen molar-refractivity contribution in [3.8, 4) is 11.1 Å². The highest BCUT2D eigenvalue weighted by molar-refractivity contribution is 9.10. The Bertz CT molecular complexity index is 1250. The molecule has 0 unspecified atom stereocenters. The number of para-hydroxylation sites is 1. The first kappa shape index (κ1) is 18.5. The molecule has 6 heteroatoms. The number of hydrogen-bond donors (Lipinski definition) is 1. The highest BCUT2D eigenvalue weighted by Crippen LogP contribution is 2.30. The lowest BCUT2D eigenvalue weighted by Crippen LogP contribution is -2.11. The van der Waals surface area contributed by atoms with E-state index in [1.54, 1.807) is 60.7 Å². The van der Waals surface area contributed by atoms with Gasteiger partial charge in [0, 0.05) is 26.7 Å². The first-order valence-corrected chi connectivity index (χ1v) is 9.58. The van der Waals surface area contributed by atoms with Crippen molar-refractivity contribution in [2.75, 3.05) is 5.32 Å². The van der Waals surface area contributed by atoms with Crippen molar-refractivity contribution >= 4 is 50.1 Å². The Balaban J connectivity index is 1.65. The molecule has 4 aromatic rings. The summed E-state index contributed by atoms with van der Waals surface area (Å²) in [6, 6.07) is 21.1. The standard InChI is InChI=1S/C22H13BrClNO3/c23-15-7-5-13(6-8-15)21(26)25-16-9-10-17(19(24)12-16)18-11-14-3-1-2-4-20(14)28-22(18)27/h1-12H,(H,25,26). The van der Waals surface area contributed by atoms with Crippen LogP contribution in [0.15, 0.2) is 86.5 Å². The van der Waals surface area contributed by atoms with Gasteiger partial charge in [-0.25, -0.2) is 4.79 Å². The number of benzene rings is 3. The van der Waals surface area contributed by atoms with E-state index < -0.39 is 5.63 Å². The lowest BCUT2D eigenvalue weighted by Gasteiger charge is -2.09. The number of anilines is 1. The lowest BCUT2D eigenvalue weighted by atomic mass is 10.1. The van der Waals surface area contributed by atoms with E-state index in [0.29, 0.717) is 33.0 Å². The Labute approximate surface area is 173 Å². The average molecular weight is 455 g/mol. The number of rotatable bonds is 3. The van der Waals surface area contributed by atoms with Gasteiger partial charge >= 0.3 is 5.63 Å². The zero-order valence-corrected chi connectivity index (χ0v) is 16.8. The number of halogens is 2. The van der Waals surface area contributed by atoms with Gasteiger partial charge in [0.05, 0.1) is 10.6 Å². The number of hydrogen-bond acceptors (Lipinski definition) is 3. The van der Waals surface area contributed by atoms with Crippen molar-refractivity contribution in [1.29, 1.82) is 0 Å². The van der Waals surface area contributed by atoms with Crippen LogP contribution in [-0.2, 0) is 0 Å². The smallest absolute Gasteiger partial charge is 0.344 e. The molecule has 0 aliphatic carbocycles. The lowest BCUT2D eigenvalue weighted by molar-refractivity contribution is 0.102. The van der Waals surface area contributed by atoms with E-state index >= 15 is 0 Å². The summed E-state index contributed by atoms with van der Waals surface area (Å²) >= 11 is 9.74. The van der Waals surface area contributed by atoms with E-state index in [2.05, 4.69) is 21.2 Å². The zero-order valence-electron chi connectivity index (χ0n) is 14.4. The summed E-state index contributed by atoms with van der Waals surface area (Å²) in [5.74, 6) is -0.249. The maximum atomic E-state index is 12.4. The van der Waals surface area contributed by atoms with Crippen molar-refractivity contribution in [3.63, 3.8) is 0 Å².